The number of fused-ring (bicyclic) bond motifs is 1. The molecule has 0 aliphatic rings. The average molecular weight is 223 g/mol. The van der Waals surface area contributed by atoms with Crippen molar-refractivity contribution in [2.45, 2.75) is 13.3 Å². The highest BCUT2D eigenvalue weighted by molar-refractivity contribution is 5.80. The van der Waals surface area contributed by atoms with Gasteiger partial charge in [-0.1, -0.05) is 47.1 Å². The Bertz CT molecular complexity index is 640. The van der Waals surface area contributed by atoms with E-state index in [4.69, 9.17) is 4.52 Å². The van der Waals surface area contributed by atoms with E-state index in [1.807, 2.05) is 30.3 Å². The molecule has 0 N–H and O–H groups in total. The first kappa shape index (κ1) is 10.1. The van der Waals surface area contributed by atoms with Crippen LogP contribution in [0.4, 0.5) is 0 Å². The molecule has 0 atom stereocenters. The van der Waals surface area contributed by atoms with Crippen LogP contribution in [0.2, 0.25) is 0 Å². The third kappa shape index (κ3) is 1.94. The summed E-state index contributed by atoms with van der Waals surface area (Å²) in [5.41, 5.74) is 4.36. The lowest BCUT2D eigenvalue weighted by molar-refractivity contribution is 0.448. The van der Waals surface area contributed by atoms with Crippen molar-refractivity contribution in [3.8, 4) is 0 Å². The van der Waals surface area contributed by atoms with Crippen molar-refractivity contribution in [2.75, 3.05) is 0 Å². The molecule has 0 fully saturated rings. The highest BCUT2D eigenvalue weighted by Crippen LogP contribution is 2.21. The molecule has 2 heteroatoms. The number of benzene rings is 2. The standard InChI is InChI=1S/C15H13NO/c1-11-7-8-15-13(9-11)14(16-17-15)10-12-5-3-2-4-6-12/h2-9H,10H2,1H3. The zero-order valence-corrected chi connectivity index (χ0v) is 9.68. The molecule has 84 valence electrons. The van der Waals surface area contributed by atoms with Crippen molar-refractivity contribution in [2.24, 2.45) is 0 Å². The molecule has 0 saturated heterocycles. The Morgan fingerprint density at radius 1 is 1.06 bits per heavy atom. The van der Waals surface area contributed by atoms with Crippen LogP contribution in [0.5, 0.6) is 0 Å². The fraction of sp³-hybridized carbons (Fsp3) is 0.133. The zero-order chi connectivity index (χ0) is 11.7. The summed E-state index contributed by atoms with van der Waals surface area (Å²) >= 11 is 0. The van der Waals surface area contributed by atoms with Crippen LogP contribution in [-0.4, -0.2) is 5.16 Å². The Morgan fingerprint density at radius 2 is 1.88 bits per heavy atom. The molecule has 0 aliphatic carbocycles. The summed E-state index contributed by atoms with van der Waals surface area (Å²) in [6.45, 7) is 2.08. The largest absolute Gasteiger partial charge is 0.356 e. The molecule has 3 aromatic rings. The quantitative estimate of drug-likeness (QED) is 0.661. The normalized spacial score (nSPS) is 10.9. The Balaban J connectivity index is 2.03. The molecule has 0 spiro atoms. The Kier molecular flexibility index (Phi) is 2.41. The highest BCUT2D eigenvalue weighted by Gasteiger charge is 2.08. The fourth-order valence-corrected chi connectivity index (χ4v) is 2.02. The van der Waals surface area contributed by atoms with Crippen LogP contribution in [-0.2, 0) is 6.42 Å². The molecule has 1 aromatic heterocycles. The number of nitrogens with zero attached hydrogens (tertiary/aromatic N) is 1. The van der Waals surface area contributed by atoms with Crippen LogP contribution in [0.25, 0.3) is 11.0 Å². The number of rotatable bonds is 2. The minimum Gasteiger partial charge on any atom is -0.356 e. The van der Waals surface area contributed by atoms with E-state index in [0.717, 1.165) is 23.1 Å². The summed E-state index contributed by atoms with van der Waals surface area (Å²) in [5.74, 6) is 0. The summed E-state index contributed by atoms with van der Waals surface area (Å²) in [6.07, 6.45) is 0.817. The van der Waals surface area contributed by atoms with E-state index < -0.39 is 0 Å². The topological polar surface area (TPSA) is 26.0 Å². The molecule has 1 heterocycles. The van der Waals surface area contributed by atoms with Gasteiger partial charge in [0, 0.05) is 11.8 Å². The van der Waals surface area contributed by atoms with Crippen molar-refractivity contribution in [3.63, 3.8) is 0 Å². The van der Waals surface area contributed by atoms with Gasteiger partial charge in [0.15, 0.2) is 5.58 Å². The van der Waals surface area contributed by atoms with Gasteiger partial charge in [0.05, 0.1) is 5.69 Å². The lowest BCUT2D eigenvalue weighted by Gasteiger charge is -1.97. The zero-order valence-electron chi connectivity index (χ0n) is 9.68. The minimum absolute atomic E-state index is 0.817. The van der Waals surface area contributed by atoms with Crippen LogP contribution < -0.4 is 0 Å². The first-order valence-electron chi connectivity index (χ1n) is 5.72. The van der Waals surface area contributed by atoms with Gasteiger partial charge in [-0.05, 0) is 24.6 Å². The van der Waals surface area contributed by atoms with E-state index in [-0.39, 0.29) is 0 Å². The van der Waals surface area contributed by atoms with E-state index in [0.29, 0.717) is 0 Å². The summed E-state index contributed by atoms with van der Waals surface area (Å²) in [6, 6.07) is 16.5. The summed E-state index contributed by atoms with van der Waals surface area (Å²) in [7, 11) is 0. The van der Waals surface area contributed by atoms with Gasteiger partial charge >= 0.3 is 0 Å². The maximum absolute atomic E-state index is 5.33. The number of hydrogen-bond donors (Lipinski definition) is 0. The van der Waals surface area contributed by atoms with Gasteiger partial charge in [0.1, 0.15) is 0 Å². The SMILES string of the molecule is Cc1ccc2onc(Cc3ccccc3)c2c1. The molecular formula is C15H13NO. The van der Waals surface area contributed by atoms with E-state index in [1.165, 1.54) is 11.1 Å². The second kappa shape index (κ2) is 4.06. The molecule has 0 bridgehead atoms. The molecule has 0 aliphatic heterocycles. The van der Waals surface area contributed by atoms with E-state index in [1.54, 1.807) is 0 Å². The van der Waals surface area contributed by atoms with Gasteiger partial charge in [-0.2, -0.15) is 0 Å². The first-order chi connectivity index (χ1) is 8.33. The Morgan fingerprint density at radius 3 is 2.71 bits per heavy atom. The lowest BCUT2D eigenvalue weighted by atomic mass is 10.1. The summed E-state index contributed by atoms with van der Waals surface area (Å²) < 4.78 is 5.33. The van der Waals surface area contributed by atoms with Crippen LogP contribution >= 0.6 is 0 Å². The first-order valence-corrected chi connectivity index (χ1v) is 5.72. The van der Waals surface area contributed by atoms with Gasteiger partial charge in [-0.25, -0.2) is 0 Å². The second-order valence-electron chi connectivity index (χ2n) is 4.29. The van der Waals surface area contributed by atoms with Crippen LogP contribution in [0.1, 0.15) is 16.8 Å². The van der Waals surface area contributed by atoms with Gasteiger partial charge in [-0.3, -0.25) is 0 Å². The maximum Gasteiger partial charge on any atom is 0.167 e. The fourth-order valence-electron chi connectivity index (χ4n) is 2.02. The summed E-state index contributed by atoms with van der Waals surface area (Å²) in [5, 5.41) is 5.28. The molecule has 0 unspecified atom stereocenters. The highest BCUT2D eigenvalue weighted by atomic mass is 16.5. The predicted octanol–water partition coefficient (Wildman–Crippen LogP) is 3.73. The Hall–Kier alpha value is -2.09. The third-order valence-corrected chi connectivity index (χ3v) is 2.91. The monoisotopic (exact) mass is 223 g/mol. The smallest absolute Gasteiger partial charge is 0.167 e. The van der Waals surface area contributed by atoms with E-state index >= 15 is 0 Å². The van der Waals surface area contributed by atoms with Gasteiger partial charge in [-0.15, -0.1) is 0 Å². The molecule has 2 nitrogen and oxygen atoms in total. The van der Waals surface area contributed by atoms with Crippen LogP contribution in [0.15, 0.2) is 53.1 Å². The molecule has 2 aromatic carbocycles. The van der Waals surface area contributed by atoms with Crippen molar-refractivity contribution in [1.82, 2.24) is 5.16 Å². The molecule has 0 radical (unpaired) electrons. The molecule has 0 saturated carbocycles. The summed E-state index contributed by atoms with van der Waals surface area (Å²) in [4.78, 5) is 0. The van der Waals surface area contributed by atoms with Crippen molar-refractivity contribution < 1.29 is 4.52 Å². The van der Waals surface area contributed by atoms with Crippen molar-refractivity contribution in [3.05, 3.63) is 65.4 Å². The number of hydrogen-bond acceptors (Lipinski definition) is 2. The van der Waals surface area contributed by atoms with Crippen molar-refractivity contribution in [1.29, 1.82) is 0 Å². The van der Waals surface area contributed by atoms with Crippen molar-refractivity contribution >= 4 is 11.0 Å². The van der Waals surface area contributed by atoms with Gasteiger partial charge in [0.2, 0.25) is 0 Å². The maximum atomic E-state index is 5.33. The predicted molar refractivity (Wildman–Crippen MR) is 68.0 cm³/mol. The lowest BCUT2D eigenvalue weighted by Crippen LogP contribution is -1.88. The number of aromatic nitrogens is 1. The average Bonchev–Trinajstić information content (AvgIpc) is 2.73. The van der Waals surface area contributed by atoms with Gasteiger partial charge < -0.3 is 4.52 Å². The van der Waals surface area contributed by atoms with Crippen LogP contribution in [0, 0.1) is 6.92 Å². The van der Waals surface area contributed by atoms with E-state index in [2.05, 4.69) is 30.3 Å². The molecule has 3 rings (SSSR count). The van der Waals surface area contributed by atoms with Crippen LogP contribution in [0.3, 0.4) is 0 Å². The third-order valence-electron chi connectivity index (χ3n) is 2.91. The molecule has 0 amide bonds. The minimum atomic E-state index is 0.817. The Labute approximate surface area is 99.9 Å². The molecule has 17 heavy (non-hydrogen) atoms. The van der Waals surface area contributed by atoms with Gasteiger partial charge in [0.25, 0.3) is 0 Å². The second-order valence-corrected chi connectivity index (χ2v) is 4.29. The van der Waals surface area contributed by atoms with E-state index in [9.17, 15) is 0 Å². The molecular weight excluding hydrogens is 210 g/mol. The number of aryl methyl sites for hydroxylation is 1.